The second kappa shape index (κ2) is 3.84. The third-order valence-electron chi connectivity index (χ3n) is 2.42. The first kappa shape index (κ1) is 11.0. The Labute approximate surface area is 93.4 Å². The Kier molecular flexibility index (Phi) is 2.83. The molecule has 0 spiro atoms. The molecule has 1 aromatic rings. The zero-order chi connectivity index (χ0) is 11.1. The molecule has 1 unspecified atom stereocenters. The SMILES string of the molecule is CS(=O)(=O)Cc1nc2c(s1)C(N)CCC2. The van der Waals surface area contributed by atoms with Crippen LogP contribution < -0.4 is 5.73 Å². The van der Waals surface area contributed by atoms with Crippen molar-refractivity contribution >= 4 is 21.2 Å². The number of rotatable bonds is 2. The first-order valence-electron chi connectivity index (χ1n) is 4.87. The summed E-state index contributed by atoms with van der Waals surface area (Å²) in [5.74, 6) is 0.0391. The van der Waals surface area contributed by atoms with Crippen molar-refractivity contribution in [2.24, 2.45) is 5.73 Å². The number of sulfone groups is 1. The smallest absolute Gasteiger partial charge is 0.153 e. The highest BCUT2D eigenvalue weighted by Gasteiger charge is 2.22. The van der Waals surface area contributed by atoms with E-state index in [4.69, 9.17) is 5.73 Å². The van der Waals surface area contributed by atoms with Crippen LogP contribution in [0.5, 0.6) is 0 Å². The van der Waals surface area contributed by atoms with Crippen LogP contribution in [0, 0.1) is 0 Å². The van der Waals surface area contributed by atoms with Crippen LogP contribution in [0.1, 0.15) is 34.5 Å². The van der Waals surface area contributed by atoms with Gasteiger partial charge in [-0.1, -0.05) is 0 Å². The summed E-state index contributed by atoms with van der Waals surface area (Å²) in [5.41, 5.74) is 6.96. The maximum absolute atomic E-state index is 11.1. The minimum Gasteiger partial charge on any atom is -0.323 e. The number of aromatic nitrogens is 1. The van der Waals surface area contributed by atoms with Crippen molar-refractivity contribution in [3.63, 3.8) is 0 Å². The molecule has 84 valence electrons. The summed E-state index contributed by atoms with van der Waals surface area (Å²) >= 11 is 1.46. The van der Waals surface area contributed by atoms with E-state index < -0.39 is 9.84 Å². The Morgan fingerprint density at radius 1 is 1.60 bits per heavy atom. The number of fused-ring (bicyclic) bond motifs is 1. The zero-order valence-electron chi connectivity index (χ0n) is 8.56. The van der Waals surface area contributed by atoms with Crippen molar-refractivity contribution in [3.05, 3.63) is 15.6 Å². The van der Waals surface area contributed by atoms with Gasteiger partial charge in [-0.2, -0.15) is 0 Å². The number of hydrogen-bond donors (Lipinski definition) is 1. The largest absolute Gasteiger partial charge is 0.323 e. The summed E-state index contributed by atoms with van der Waals surface area (Å²) < 4.78 is 22.3. The highest BCUT2D eigenvalue weighted by molar-refractivity contribution is 7.90. The molecule has 1 aliphatic rings. The fraction of sp³-hybridized carbons (Fsp3) is 0.667. The van der Waals surface area contributed by atoms with E-state index in [1.54, 1.807) is 0 Å². The van der Waals surface area contributed by atoms with Crippen molar-refractivity contribution in [1.29, 1.82) is 0 Å². The molecule has 15 heavy (non-hydrogen) atoms. The van der Waals surface area contributed by atoms with Crippen LogP contribution in [0.2, 0.25) is 0 Å². The molecule has 1 heterocycles. The Hall–Kier alpha value is -0.460. The molecule has 0 bridgehead atoms. The third-order valence-corrected chi connectivity index (χ3v) is 4.63. The van der Waals surface area contributed by atoms with Gasteiger partial charge in [0, 0.05) is 17.2 Å². The van der Waals surface area contributed by atoms with Gasteiger partial charge in [-0.15, -0.1) is 11.3 Å². The molecule has 0 aliphatic heterocycles. The summed E-state index contributed by atoms with van der Waals surface area (Å²) in [6.07, 6.45) is 4.19. The molecular weight excluding hydrogens is 232 g/mol. The van der Waals surface area contributed by atoms with Crippen molar-refractivity contribution in [2.75, 3.05) is 6.26 Å². The molecule has 2 rings (SSSR count). The van der Waals surface area contributed by atoms with Crippen molar-refractivity contribution in [1.82, 2.24) is 4.98 Å². The Morgan fingerprint density at radius 2 is 2.33 bits per heavy atom. The molecule has 0 aromatic carbocycles. The molecule has 0 saturated heterocycles. The van der Waals surface area contributed by atoms with E-state index in [0.29, 0.717) is 5.01 Å². The van der Waals surface area contributed by atoms with Gasteiger partial charge in [-0.05, 0) is 19.3 Å². The minimum absolute atomic E-state index is 0.0391. The maximum atomic E-state index is 11.1. The fourth-order valence-corrected chi connectivity index (χ4v) is 4.13. The molecule has 2 N–H and O–H groups in total. The molecule has 0 amide bonds. The van der Waals surface area contributed by atoms with Crippen LogP contribution in [0.3, 0.4) is 0 Å². The molecule has 1 aliphatic carbocycles. The molecule has 1 aromatic heterocycles. The lowest BCUT2D eigenvalue weighted by molar-refractivity contribution is 0.573. The summed E-state index contributed by atoms with van der Waals surface area (Å²) in [7, 11) is -2.99. The highest BCUT2D eigenvalue weighted by atomic mass is 32.2. The summed E-state index contributed by atoms with van der Waals surface area (Å²) in [6, 6.07) is 0.0551. The van der Waals surface area contributed by atoms with E-state index in [0.717, 1.165) is 29.8 Å². The van der Waals surface area contributed by atoms with Gasteiger partial charge in [0.2, 0.25) is 0 Å². The maximum Gasteiger partial charge on any atom is 0.153 e. The normalized spacial score (nSPS) is 21.3. The van der Waals surface area contributed by atoms with Gasteiger partial charge in [0.25, 0.3) is 0 Å². The van der Waals surface area contributed by atoms with E-state index in [-0.39, 0.29) is 11.8 Å². The van der Waals surface area contributed by atoms with E-state index in [1.807, 2.05) is 0 Å². The predicted molar refractivity (Wildman–Crippen MR) is 60.5 cm³/mol. The number of hydrogen-bond acceptors (Lipinski definition) is 5. The minimum atomic E-state index is -2.99. The molecule has 0 saturated carbocycles. The molecule has 1 atom stereocenters. The van der Waals surface area contributed by atoms with Crippen LogP contribution >= 0.6 is 11.3 Å². The lowest BCUT2D eigenvalue weighted by atomic mass is 9.99. The van der Waals surface area contributed by atoms with Gasteiger partial charge in [-0.3, -0.25) is 0 Å². The van der Waals surface area contributed by atoms with Gasteiger partial charge in [-0.25, -0.2) is 13.4 Å². The lowest BCUT2D eigenvalue weighted by Crippen LogP contribution is -2.15. The molecular formula is C9H14N2O2S2. The summed E-state index contributed by atoms with van der Waals surface area (Å²) in [4.78, 5) is 5.43. The van der Waals surface area contributed by atoms with E-state index in [1.165, 1.54) is 17.6 Å². The van der Waals surface area contributed by atoms with E-state index >= 15 is 0 Å². The van der Waals surface area contributed by atoms with Gasteiger partial charge < -0.3 is 5.73 Å². The predicted octanol–water partition coefficient (Wildman–Crippen LogP) is 1.02. The number of aryl methyl sites for hydroxylation is 1. The van der Waals surface area contributed by atoms with Gasteiger partial charge in [0.1, 0.15) is 10.8 Å². The summed E-state index contributed by atoms with van der Waals surface area (Å²) in [5, 5.41) is 0.680. The van der Waals surface area contributed by atoms with Crippen LogP contribution in [-0.2, 0) is 22.0 Å². The van der Waals surface area contributed by atoms with Crippen LogP contribution in [0.4, 0.5) is 0 Å². The molecule has 6 heteroatoms. The van der Waals surface area contributed by atoms with Gasteiger partial charge >= 0.3 is 0 Å². The van der Waals surface area contributed by atoms with Crippen LogP contribution in [0.15, 0.2) is 0 Å². The summed E-state index contributed by atoms with van der Waals surface area (Å²) in [6.45, 7) is 0. The Balaban J connectivity index is 2.29. The van der Waals surface area contributed by atoms with Crippen molar-refractivity contribution < 1.29 is 8.42 Å². The monoisotopic (exact) mass is 246 g/mol. The van der Waals surface area contributed by atoms with E-state index in [9.17, 15) is 8.42 Å². The van der Waals surface area contributed by atoms with Gasteiger partial charge in [0.05, 0.1) is 5.69 Å². The average Bonchev–Trinajstić information content (AvgIpc) is 2.45. The number of nitrogens with zero attached hydrogens (tertiary/aromatic N) is 1. The quantitative estimate of drug-likeness (QED) is 0.845. The fourth-order valence-electron chi connectivity index (χ4n) is 1.79. The lowest BCUT2D eigenvalue weighted by Gasteiger charge is -2.15. The van der Waals surface area contributed by atoms with Crippen LogP contribution in [0.25, 0.3) is 0 Å². The first-order valence-corrected chi connectivity index (χ1v) is 7.75. The van der Waals surface area contributed by atoms with Crippen molar-refractivity contribution in [2.45, 2.75) is 31.1 Å². The molecule has 4 nitrogen and oxygen atoms in total. The van der Waals surface area contributed by atoms with Crippen LogP contribution in [-0.4, -0.2) is 19.7 Å². The van der Waals surface area contributed by atoms with Gasteiger partial charge in [0.15, 0.2) is 9.84 Å². The van der Waals surface area contributed by atoms with Crippen molar-refractivity contribution in [3.8, 4) is 0 Å². The molecule has 0 radical (unpaired) electrons. The second-order valence-corrected chi connectivity index (χ2v) is 7.24. The number of nitrogens with two attached hydrogens (primary N) is 1. The first-order chi connectivity index (χ1) is 6.96. The number of thiazole rings is 1. The molecule has 0 fully saturated rings. The third kappa shape index (κ3) is 2.56. The van der Waals surface area contributed by atoms with E-state index in [2.05, 4.69) is 4.98 Å². The topological polar surface area (TPSA) is 73.0 Å². The Morgan fingerprint density at radius 3 is 2.93 bits per heavy atom. The second-order valence-electron chi connectivity index (χ2n) is 3.99. The standard InChI is InChI=1S/C9H14N2O2S2/c1-15(12,13)5-8-11-7-4-2-3-6(10)9(7)14-8/h6H,2-5,10H2,1H3. The highest BCUT2D eigenvalue weighted by Crippen LogP contribution is 2.32. The Bertz CT molecular complexity index is 464. The average molecular weight is 246 g/mol. The zero-order valence-corrected chi connectivity index (χ0v) is 10.2.